The number of hydrazine groups is 1. The first-order valence-corrected chi connectivity index (χ1v) is 11.5. The van der Waals surface area contributed by atoms with Gasteiger partial charge in [0.05, 0.1) is 24.5 Å². The van der Waals surface area contributed by atoms with Gasteiger partial charge in [-0.2, -0.15) is 0 Å². The predicted octanol–water partition coefficient (Wildman–Crippen LogP) is 1.58. The minimum Gasteiger partial charge on any atom is -0.399 e. The van der Waals surface area contributed by atoms with E-state index in [1.54, 1.807) is 12.4 Å². The summed E-state index contributed by atoms with van der Waals surface area (Å²) in [5, 5.41) is 3.40. The molecule has 1 saturated heterocycles. The van der Waals surface area contributed by atoms with Crippen LogP contribution in [-0.4, -0.2) is 52.6 Å². The molecule has 2 atom stereocenters. The molecule has 2 aliphatic rings. The third-order valence-electron chi connectivity index (χ3n) is 6.42. The summed E-state index contributed by atoms with van der Waals surface area (Å²) in [5.74, 6) is 6.13. The lowest BCUT2D eigenvalue weighted by Gasteiger charge is -2.37. The van der Waals surface area contributed by atoms with Crippen molar-refractivity contribution < 1.29 is 9.53 Å². The Kier molecular flexibility index (Phi) is 7.41. The molecule has 1 aromatic heterocycles. The topological polar surface area (TPSA) is 131 Å². The van der Waals surface area contributed by atoms with Gasteiger partial charge in [0.2, 0.25) is 5.95 Å². The second-order valence-corrected chi connectivity index (χ2v) is 8.95. The highest BCUT2D eigenvalue weighted by Crippen LogP contribution is 2.26. The highest BCUT2D eigenvalue weighted by molar-refractivity contribution is 5.94. The second kappa shape index (κ2) is 10.6. The Labute approximate surface area is 194 Å². The monoisotopic (exact) mass is 451 g/mol. The van der Waals surface area contributed by atoms with Crippen molar-refractivity contribution in [2.24, 2.45) is 17.5 Å². The number of rotatable bonds is 8. The molecular formula is C24H33N7O2. The van der Waals surface area contributed by atoms with Gasteiger partial charge in [-0.3, -0.25) is 10.6 Å². The summed E-state index contributed by atoms with van der Waals surface area (Å²) in [6.45, 7) is 3.71. The zero-order valence-electron chi connectivity index (χ0n) is 19.0. The van der Waals surface area contributed by atoms with Crippen molar-refractivity contribution in [2.75, 3.05) is 25.1 Å². The number of piperidine rings is 1. The zero-order valence-corrected chi connectivity index (χ0v) is 19.0. The van der Waals surface area contributed by atoms with Crippen LogP contribution in [0.4, 0.5) is 5.95 Å². The average Bonchev–Trinajstić information content (AvgIpc) is 3.22. The average molecular weight is 452 g/mol. The molecule has 4 rings (SSSR count). The van der Waals surface area contributed by atoms with E-state index in [1.165, 1.54) is 17.3 Å². The van der Waals surface area contributed by atoms with E-state index in [4.69, 9.17) is 16.3 Å². The molecule has 9 nitrogen and oxygen atoms in total. The third-order valence-corrected chi connectivity index (χ3v) is 6.42. The number of nitrogens with zero attached hydrogens (tertiary/aromatic N) is 3. The fraction of sp³-hybridized carbons (Fsp3) is 0.458. The van der Waals surface area contributed by atoms with Crippen molar-refractivity contribution in [1.29, 1.82) is 0 Å². The number of fused-ring (bicyclic) bond motifs is 1. The van der Waals surface area contributed by atoms with Crippen LogP contribution < -0.4 is 22.3 Å². The molecule has 2 aromatic rings. The number of aromatic nitrogens is 2. The van der Waals surface area contributed by atoms with Gasteiger partial charge < -0.3 is 26.1 Å². The van der Waals surface area contributed by atoms with Gasteiger partial charge in [-0.05, 0) is 49.7 Å². The molecule has 1 amide bonds. The first kappa shape index (κ1) is 23.0. The van der Waals surface area contributed by atoms with Crippen molar-refractivity contribution in [3.8, 4) is 0 Å². The maximum Gasteiger partial charge on any atom is 0.257 e. The first-order valence-electron chi connectivity index (χ1n) is 11.5. The molecule has 2 unspecified atom stereocenters. The molecule has 6 N–H and O–H groups in total. The lowest BCUT2D eigenvalue weighted by molar-refractivity contribution is 0.0412. The molecule has 33 heavy (non-hydrogen) atoms. The molecule has 1 aliphatic heterocycles. The van der Waals surface area contributed by atoms with Gasteiger partial charge in [-0.15, -0.1) is 0 Å². The van der Waals surface area contributed by atoms with E-state index >= 15 is 0 Å². The lowest BCUT2D eigenvalue weighted by atomic mass is 9.92. The highest BCUT2D eigenvalue weighted by atomic mass is 16.5. The number of benzene rings is 1. The van der Waals surface area contributed by atoms with Crippen molar-refractivity contribution >= 4 is 11.9 Å². The van der Waals surface area contributed by atoms with Gasteiger partial charge in [0.1, 0.15) is 0 Å². The second-order valence-electron chi connectivity index (χ2n) is 8.95. The summed E-state index contributed by atoms with van der Waals surface area (Å²) >= 11 is 0. The number of amides is 1. The normalized spacial score (nSPS) is 21.0. The number of hydrogen-bond acceptors (Lipinski definition) is 8. The van der Waals surface area contributed by atoms with Gasteiger partial charge in [-0.1, -0.05) is 24.3 Å². The van der Waals surface area contributed by atoms with E-state index in [2.05, 4.69) is 51.9 Å². The predicted molar refractivity (Wildman–Crippen MR) is 127 cm³/mol. The fourth-order valence-electron chi connectivity index (χ4n) is 4.74. The fourth-order valence-corrected chi connectivity index (χ4v) is 4.74. The minimum absolute atomic E-state index is 0.0251. The van der Waals surface area contributed by atoms with Crippen molar-refractivity contribution in [3.63, 3.8) is 0 Å². The minimum atomic E-state index is -0.0251. The molecule has 176 valence electrons. The van der Waals surface area contributed by atoms with Crippen LogP contribution in [0.2, 0.25) is 0 Å². The maximum absolute atomic E-state index is 13.0. The van der Waals surface area contributed by atoms with Crippen LogP contribution in [0.15, 0.2) is 48.6 Å². The summed E-state index contributed by atoms with van der Waals surface area (Å²) in [6, 6.07) is 8.88. The van der Waals surface area contributed by atoms with Crippen LogP contribution in [0.25, 0.3) is 0 Å². The quantitative estimate of drug-likeness (QED) is 0.351. The number of carbonyl (C=O) groups excluding carboxylic acids is 1. The maximum atomic E-state index is 13.0. The molecule has 0 spiro atoms. The Bertz CT molecular complexity index is 954. The van der Waals surface area contributed by atoms with Crippen molar-refractivity contribution in [2.45, 2.75) is 44.7 Å². The summed E-state index contributed by atoms with van der Waals surface area (Å²) < 4.78 is 5.69. The summed E-state index contributed by atoms with van der Waals surface area (Å²) in [7, 11) is 0. The van der Waals surface area contributed by atoms with Crippen LogP contribution in [0.1, 0.15) is 41.3 Å². The molecule has 9 heteroatoms. The number of hydrogen-bond donors (Lipinski definition) is 4. The Morgan fingerprint density at radius 2 is 1.94 bits per heavy atom. The van der Waals surface area contributed by atoms with Crippen LogP contribution in [0.3, 0.4) is 0 Å². The Balaban J connectivity index is 1.26. The van der Waals surface area contributed by atoms with E-state index < -0.39 is 0 Å². The van der Waals surface area contributed by atoms with E-state index in [-0.39, 0.29) is 18.0 Å². The number of anilines is 1. The number of nitrogens with two attached hydrogens (primary N) is 2. The van der Waals surface area contributed by atoms with Gasteiger partial charge in [0.25, 0.3) is 5.91 Å². The van der Waals surface area contributed by atoms with Gasteiger partial charge >= 0.3 is 0 Å². The van der Waals surface area contributed by atoms with Gasteiger partial charge in [0, 0.05) is 37.2 Å². The SMILES string of the molecule is CC1CC(COC/C(N)=C/NN)CCN1C(=O)c1cnc(NC2Cc3ccccc3C2)nc1. The molecule has 2 heterocycles. The molecule has 1 aromatic carbocycles. The number of ether oxygens (including phenoxy) is 1. The van der Waals surface area contributed by atoms with Gasteiger partial charge in [-0.25, -0.2) is 9.97 Å². The number of likely N-dealkylation sites (tertiary alicyclic amines) is 1. The molecular weight excluding hydrogens is 418 g/mol. The van der Waals surface area contributed by atoms with Crippen LogP contribution in [-0.2, 0) is 17.6 Å². The van der Waals surface area contributed by atoms with Crippen LogP contribution >= 0.6 is 0 Å². The smallest absolute Gasteiger partial charge is 0.257 e. The molecule has 0 saturated carbocycles. The third kappa shape index (κ3) is 5.80. The number of carbonyl (C=O) groups is 1. The molecule has 1 aliphatic carbocycles. The van der Waals surface area contributed by atoms with Crippen LogP contribution in [0.5, 0.6) is 0 Å². The Morgan fingerprint density at radius 1 is 1.24 bits per heavy atom. The van der Waals surface area contributed by atoms with E-state index in [1.807, 2.05) is 4.90 Å². The molecule has 0 bridgehead atoms. The summed E-state index contributed by atoms with van der Waals surface area (Å²) in [4.78, 5) is 23.8. The zero-order chi connectivity index (χ0) is 23.2. The largest absolute Gasteiger partial charge is 0.399 e. The Morgan fingerprint density at radius 3 is 2.58 bits per heavy atom. The molecule has 0 radical (unpaired) electrons. The van der Waals surface area contributed by atoms with E-state index in [0.717, 1.165) is 25.7 Å². The van der Waals surface area contributed by atoms with Crippen molar-refractivity contribution in [1.82, 2.24) is 20.3 Å². The summed E-state index contributed by atoms with van der Waals surface area (Å²) in [5.41, 5.74) is 12.0. The number of nitrogens with one attached hydrogen (secondary N) is 2. The standard InChI is InChI=1S/C24H33N7O2/c1-16-8-17(14-33-15-21(25)13-29-26)6-7-31(16)23(32)20-11-27-24(28-12-20)30-22-9-18-4-2-3-5-19(18)10-22/h2-5,11-13,16-17,22,29H,6-10,14-15,25-26H2,1H3,(H,27,28,30)/b21-13-. The molecule has 1 fully saturated rings. The van der Waals surface area contributed by atoms with E-state index in [0.29, 0.717) is 42.9 Å². The van der Waals surface area contributed by atoms with Gasteiger partial charge in [0.15, 0.2) is 0 Å². The van der Waals surface area contributed by atoms with Crippen molar-refractivity contribution in [3.05, 3.63) is 65.2 Å². The summed E-state index contributed by atoms with van der Waals surface area (Å²) in [6.07, 6.45) is 8.46. The lowest BCUT2D eigenvalue weighted by Crippen LogP contribution is -2.45. The van der Waals surface area contributed by atoms with E-state index in [9.17, 15) is 4.79 Å². The first-order chi connectivity index (χ1) is 16.0. The van der Waals surface area contributed by atoms with Crippen LogP contribution in [0, 0.1) is 5.92 Å². The highest BCUT2D eigenvalue weighted by Gasteiger charge is 2.30. The Hall–Kier alpha value is -3.17.